The van der Waals surface area contributed by atoms with Crippen LogP contribution in [0.4, 0.5) is 5.69 Å². The Hall–Kier alpha value is -1.81. The molecule has 0 bridgehead atoms. The lowest BCUT2D eigenvalue weighted by Crippen LogP contribution is -2.24. The Morgan fingerprint density at radius 3 is 2.61 bits per heavy atom. The third-order valence-corrected chi connectivity index (χ3v) is 4.25. The van der Waals surface area contributed by atoms with Gasteiger partial charge in [-0.1, -0.05) is 13.8 Å². The molecule has 0 radical (unpaired) electrons. The second kappa shape index (κ2) is 8.73. The van der Waals surface area contributed by atoms with Crippen LogP contribution in [0.15, 0.2) is 24.3 Å². The van der Waals surface area contributed by atoms with Crippen LogP contribution in [-0.4, -0.2) is 43.2 Å². The minimum absolute atomic E-state index is 0.868. The zero-order chi connectivity index (χ0) is 16.7. The molecule has 0 spiro atoms. The predicted molar refractivity (Wildman–Crippen MR) is 98.5 cm³/mol. The summed E-state index contributed by atoms with van der Waals surface area (Å²) in [6.07, 6.45) is 2.39. The zero-order valence-corrected chi connectivity index (χ0v) is 14.9. The van der Waals surface area contributed by atoms with Crippen molar-refractivity contribution in [3.8, 4) is 5.75 Å². The number of aryl methyl sites for hydroxylation is 1. The summed E-state index contributed by atoms with van der Waals surface area (Å²) >= 11 is 0. The first-order chi connectivity index (χ1) is 11.2. The Bertz CT molecular complexity index is 623. The summed E-state index contributed by atoms with van der Waals surface area (Å²) in [5.41, 5.74) is 3.19. The number of nitrogens with one attached hydrogen (secondary N) is 1. The van der Waals surface area contributed by atoms with Crippen molar-refractivity contribution in [3.63, 3.8) is 0 Å². The SMILES string of the molecule is CCN(CC)CCCCNc1cc(C)nc2ccc(OC)cc12. The van der Waals surface area contributed by atoms with Gasteiger partial charge in [0, 0.05) is 23.3 Å². The number of pyridine rings is 1. The normalized spacial score (nSPS) is 11.2. The molecule has 0 fully saturated rings. The number of anilines is 1. The third-order valence-electron chi connectivity index (χ3n) is 4.25. The second-order valence-electron chi connectivity index (χ2n) is 5.86. The number of methoxy groups -OCH3 is 1. The average molecular weight is 315 g/mol. The van der Waals surface area contributed by atoms with E-state index in [9.17, 15) is 0 Å². The maximum Gasteiger partial charge on any atom is 0.119 e. The molecule has 0 aliphatic heterocycles. The minimum Gasteiger partial charge on any atom is -0.497 e. The molecule has 1 heterocycles. The number of benzene rings is 1. The largest absolute Gasteiger partial charge is 0.497 e. The molecule has 4 heteroatoms. The Kier molecular flexibility index (Phi) is 6.66. The van der Waals surface area contributed by atoms with Gasteiger partial charge in [0.15, 0.2) is 0 Å². The zero-order valence-electron chi connectivity index (χ0n) is 14.9. The summed E-state index contributed by atoms with van der Waals surface area (Å²) < 4.78 is 5.34. The summed E-state index contributed by atoms with van der Waals surface area (Å²) in [6, 6.07) is 8.15. The van der Waals surface area contributed by atoms with Crippen LogP contribution in [0.1, 0.15) is 32.4 Å². The number of hydrogen-bond acceptors (Lipinski definition) is 4. The van der Waals surface area contributed by atoms with Gasteiger partial charge in [-0.05, 0) is 63.7 Å². The van der Waals surface area contributed by atoms with E-state index in [1.54, 1.807) is 7.11 Å². The quantitative estimate of drug-likeness (QED) is 0.707. The molecular weight excluding hydrogens is 286 g/mol. The molecule has 4 nitrogen and oxygen atoms in total. The fourth-order valence-electron chi connectivity index (χ4n) is 2.83. The molecule has 0 aliphatic rings. The van der Waals surface area contributed by atoms with Crippen LogP contribution >= 0.6 is 0 Å². The molecule has 1 aromatic heterocycles. The first-order valence-corrected chi connectivity index (χ1v) is 8.59. The molecule has 0 aliphatic carbocycles. The van der Waals surface area contributed by atoms with Crippen LogP contribution in [0.3, 0.4) is 0 Å². The minimum atomic E-state index is 0.868. The van der Waals surface area contributed by atoms with Gasteiger partial charge in [0.05, 0.1) is 12.6 Å². The van der Waals surface area contributed by atoms with Crippen molar-refractivity contribution in [2.75, 3.05) is 38.6 Å². The number of hydrogen-bond donors (Lipinski definition) is 1. The molecule has 0 atom stereocenters. The number of unbranched alkanes of at least 4 members (excludes halogenated alkanes) is 1. The van der Waals surface area contributed by atoms with Crippen LogP contribution in [0.25, 0.3) is 10.9 Å². The van der Waals surface area contributed by atoms with Crippen molar-refractivity contribution >= 4 is 16.6 Å². The van der Waals surface area contributed by atoms with Crippen LogP contribution in [-0.2, 0) is 0 Å². The van der Waals surface area contributed by atoms with E-state index in [4.69, 9.17) is 4.74 Å². The highest BCUT2D eigenvalue weighted by molar-refractivity contribution is 5.92. The molecule has 0 unspecified atom stereocenters. The number of fused-ring (bicyclic) bond motifs is 1. The van der Waals surface area contributed by atoms with E-state index in [0.29, 0.717) is 0 Å². The molecule has 2 rings (SSSR count). The molecule has 126 valence electrons. The number of nitrogens with zero attached hydrogens (tertiary/aromatic N) is 2. The fourth-order valence-corrected chi connectivity index (χ4v) is 2.83. The predicted octanol–water partition coefficient (Wildman–Crippen LogP) is 4.09. The van der Waals surface area contributed by atoms with Gasteiger partial charge in [-0.3, -0.25) is 4.98 Å². The van der Waals surface area contributed by atoms with Gasteiger partial charge < -0.3 is 15.0 Å². The van der Waals surface area contributed by atoms with Gasteiger partial charge in [-0.15, -0.1) is 0 Å². The first-order valence-electron chi connectivity index (χ1n) is 8.59. The van der Waals surface area contributed by atoms with Crippen LogP contribution in [0.2, 0.25) is 0 Å². The standard InChI is InChI=1S/C19H29N3O/c1-5-22(6-2)12-8-7-11-20-19-13-15(3)21-18-10-9-16(23-4)14-17(18)19/h9-10,13-14H,5-8,11-12H2,1-4H3,(H,20,21). The molecule has 23 heavy (non-hydrogen) atoms. The van der Waals surface area contributed by atoms with Crippen molar-refractivity contribution in [3.05, 3.63) is 30.0 Å². The van der Waals surface area contributed by atoms with E-state index < -0.39 is 0 Å². The van der Waals surface area contributed by atoms with Gasteiger partial charge in [-0.25, -0.2) is 0 Å². The Morgan fingerprint density at radius 2 is 1.91 bits per heavy atom. The van der Waals surface area contributed by atoms with Gasteiger partial charge in [0.1, 0.15) is 5.75 Å². The summed E-state index contributed by atoms with van der Waals surface area (Å²) in [6.45, 7) is 10.9. The number of ether oxygens (including phenoxy) is 1. The average Bonchev–Trinajstić information content (AvgIpc) is 2.57. The van der Waals surface area contributed by atoms with Crippen molar-refractivity contribution in [1.82, 2.24) is 9.88 Å². The lowest BCUT2D eigenvalue weighted by atomic mass is 10.1. The van der Waals surface area contributed by atoms with Gasteiger partial charge in [-0.2, -0.15) is 0 Å². The summed E-state index contributed by atoms with van der Waals surface area (Å²) in [7, 11) is 1.70. The topological polar surface area (TPSA) is 37.4 Å². The lowest BCUT2D eigenvalue weighted by Gasteiger charge is -2.18. The van der Waals surface area contributed by atoms with Gasteiger partial charge in [0.25, 0.3) is 0 Å². The van der Waals surface area contributed by atoms with E-state index in [2.05, 4.69) is 41.2 Å². The van der Waals surface area contributed by atoms with Gasteiger partial charge in [0.2, 0.25) is 0 Å². The second-order valence-corrected chi connectivity index (χ2v) is 5.86. The highest BCUT2D eigenvalue weighted by Gasteiger charge is 2.06. The third kappa shape index (κ3) is 4.83. The van der Waals surface area contributed by atoms with E-state index in [1.807, 2.05) is 19.1 Å². The number of rotatable bonds is 9. The molecular formula is C19H29N3O. The monoisotopic (exact) mass is 315 g/mol. The molecule has 0 saturated heterocycles. The van der Waals surface area contributed by atoms with Crippen LogP contribution < -0.4 is 10.1 Å². The fraction of sp³-hybridized carbons (Fsp3) is 0.526. The van der Waals surface area contributed by atoms with Crippen LogP contribution in [0, 0.1) is 6.92 Å². The summed E-state index contributed by atoms with van der Waals surface area (Å²) in [4.78, 5) is 7.07. The van der Waals surface area contributed by atoms with Gasteiger partial charge >= 0.3 is 0 Å². The first kappa shape index (κ1) is 17.5. The van der Waals surface area contributed by atoms with E-state index in [1.165, 1.54) is 19.4 Å². The Balaban J connectivity index is 1.99. The lowest BCUT2D eigenvalue weighted by molar-refractivity contribution is 0.298. The maximum absolute atomic E-state index is 5.34. The van der Waals surface area contributed by atoms with Crippen LogP contribution in [0.5, 0.6) is 5.75 Å². The summed E-state index contributed by atoms with van der Waals surface area (Å²) in [5.74, 6) is 0.868. The Labute approximate surface area is 139 Å². The van der Waals surface area contributed by atoms with E-state index in [-0.39, 0.29) is 0 Å². The smallest absolute Gasteiger partial charge is 0.119 e. The van der Waals surface area contributed by atoms with Crippen molar-refractivity contribution in [1.29, 1.82) is 0 Å². The highest BCUT2D eigenvalue weighted by Crippen LogP contribution is 2.27. The number of aromatic nitrogens is 1. The molecule has 1 aromatic carbocycles. The molecule has 2 aromatic rings. The molecule has 1 N–H and O–H groups in total. The summed E-state index contributed by atoms with van der Waals surface area (Å²) in [5, 5.41) is 4.70. The molecule has 0 amide bonds. The van der Waals surface area contributed by atoms with Crippen molar-refractivity contribution in [2.45, 2.75) is 33.6 Å². The maximum atomic E-state index is 5.34. The van der Waals surface area contributed by atoms with E-state index >= 15 is 0 Å². The van der Waals surface area contributed by atoms with Crippen molar-refractivity contribution in [2.24, 2.45) is 0 Å². The molecule has 0 saturated carbocycles. The van der Waals surface area contributed by atoms with Crippen molar-refractivity contribution < 1.29 is 4.74 Å². The highest BCUT2D eigenvalue weighted by atomic mass is 16.5. The van der Waals surface area contributed by atoms with E-state index in [0.717, 1.165) is 47.7 Å². The Morgan fingerprint density at radius 1 is 1.13 bits per heavy atom.